The van der Waals surface area contributed by atoms with E-state index in [1.165, 1.54) is 0 Å². The number of nitrogens with one attached hydrogen (secondary N) is 1. The van der Waals surface area contributed by atoms with Gasteiger partial charge < -0.3 is 10.1 Å². The van der Waals surface area contributed by atoms with Crippen LogP contribution in [-0.4, -0.2) is 18.5 Å². The van der Waals surface area contributed by atoms with Crippen LogP contribution in [-0.2, 0) is 14.3 Å². The number of rotatable bonds is 4. The maximum absolute atomic E-state index is 10.6. The average Bonchev–Trinajstić information content (AvgIpc) is 2.21. The minimum absolute atomic E-state index is 0.125. The molecule has 15 heavy (non-hydrogen) atoms. The lowest BCUT2D eigenvalue weighted by atomic mass is 10.3. The number of anilines is 1. The molecule has 0 aliphatic heterocycles. The molecule has 4 nitrogen and oxygen atoms in total. The van der Waals surface area contributed by atoms with Crippen LogP contribution in [0.5, 0.6) is 0 Å². The smallest absolute Gasteiger partial charge is 0.373 e. The number of hydrogen-bond acceptors (Lipinski definition) is 4. The Morgan fingerprint density at radius 1 is 1.47 bits per heavy atom. The first-order valence-electron chi connectivity index (χ1n) is 4.29. The van der Waals surface area contributed by atoms with Crippen molar-refractivity contribution in [3.63, 3.8) is 0 Å². The molecule has 0 aromatic heterocycles. The molecule has 1 N–H and O–H groups in total. The predicted molar refractivity (Wildman–Crippen MR) is 56.7 cm³/mol. The number of benzene rings is 1. The minimum Gasteiger partial charge on any atom is -0.437 e. The Balaban J connectivity index is 2.51. The third-order valence-corrected chi connectivity index (χ3v) is 1.86. The number of carbonyl (C=O) groups is 2. The fourth-order valence-electron chi connectivity index (χ4n) is 1.01. The monoisotopic (exact) mass is 227 g/mol. The second-order valence-electron chi connectivity index (χ2n) is 2.85. The predicted octanol–water partition coefficient (Wildman–Crippen LogP) is 1.84. The van der Waals surface area contributed by atoms with Gasteiger partial charge in [0.05, 0.1) is 0 Å². The molecule has 0 radical (unpaired) electrons. The molecule has 0 saturated carbocycles. The molecule has 80 valence electrons. The highest BCUT2D eigenvalue weighted by molar-refractivity contribution is 6.30. The van der Waals surface area contributed by atoms with Gasteiger partial charge in [0.2, 0.25) is 6.29 Å². The van der Waals surface area contributed by atoms with Crippen molar-refractivity contribution in [3.05, 3.63) is 29.3 Å². The third kappa shape index (κ3) is 3.99. The van der Waals surface area contributed by atoms with Crippen molar-refractivity contribution < 1.29 is 14.3 Å². The summed E-state index contributed by atoms with van der Waals surface area (Å²) in [4.78, 5) is 20.6. The zero-order valence-electron chi connectivity index (χ0n) is 8.07. The maximum atomic E-state index is 10.6. The van der Waals surface area contributed by atoms with Crippen molar-refractivity contribution in [2.24, 2.45) is 0 Å². The van der Waals surface area contributed by atoms with Crippen LogP contribution in [0.3, 0.4) is 0 Å². The Labute approximate surface area is 92.2 Å². The highest BCUT2D eigenvalue weighted by Gasteiger charge is 2.07. The van der Waals surface area contributed by atoms with E-state index in [9.17, 15) is 9.59 Å². The topological polar surface area (TPSA) is 55.4 Å². The number of hydrogen-bond donors (Lipinski definition) is 1. The van der Waals surface area contributed by atoms with Crippen LogP contribution in [0.15, 0.2) is 24.3 Å². The maximum Gasteiger partial charge on any atom is 0.373 e. The fourth-order valence-corrected chi connectivity index (χ4v) is 1.14. The van der Waals surface area contributed by atoms with E-state index in [4.69, 9.17) is 11.6 Å². The molecule has 0 amide bonds. The molecular formula is C10H10ClNO3. The summed E-state index contributed by atoms with van der Waals surface area (Å²) in [5, 5.41) is 3.50. The van der Waals surface area contributed by atoms with Gasteiger partial charge in [-0.05, 0) is 31.2 Å². The van der Waals surface area contributed by atoms with Crippen molar-refractivity contribution in [3.8, 4) is 0 Å². The van der Waals surface area contributed by atoms with Crippen LogP contribution in [0.1, 0.15) is 6.92 Å². The molecule has 1 rings (SSSR count). The Bertz CT molecular complexity index is 350. The van der Waals surface area contributed by atoms with E-state index in [1.54, 1.807) is 31.2 Å². The summed E-state index contributed by atoms with van der Waals surface area (Å²) in [6, 6.07) is 6.90. The second-order valence-corrected chi connectivity index (χ2v) is 3.28. The van der Waals surface area contributed by atoms with Gasteiger partial charge in [0.25, 0.3) is 0 Å². The molecule has 0 saturated heterocycles. The molecule has 0 spiro atoms. The van der Waals surface area contributed by atoms with Crippen molar-refractivity contribution in [2.45, 2.75) is 13.2 Å². The molecular weight excluding hydrogens is 218 g/mol. The first-order chi connectivity index (χ1) is 7.11. The number of ether oxygens (including phenoxy) is 1. The zero-order valence-corrected chi connectivity index (χ0v) is 8.82. The van der Waals surface area contributed by atoms with Crippen molar-refractivity contribution >= 4 is 29.5 Å². The first-order valence-corrected chi connectivity index (χ1v) is 4.67. The summed E-state index contributed by atoms with van der Waals surface area (Å²) in [6.07, 6.45) is -0.441. The molecule has 1 unspecified atom stereocenters. The first kappa shape index (κ1) is 11.5. The van der Waals surface area contributed by atoms with E-state index in [0.717, 1.165) is 5.69 Å². The highest BCUT2D eigenvalue weighted by Crippen LogP contribution is 2.14. The van der Waals surface area contributed by atoms with Gasteiger partial charge in [0, 0.05) is 10.7 Å². The van der Waals surface area contributed by atoms with E-state index in [0.29, 0.717) is 5.02 Å². The largest absolute Gasteiger partial charge is 0.437 e. The summed E-state index contributed by atoms with van der Waals surface area (Å²) < 4.78 is 4.68. The van der Waals surface area contributed by atoms with Gasteiger partial charge in [0.1, 0.15) is 0 Å². The van der Waals surface area contributed by atoms with Crippen molar-refractivity contribution in [1.82, 2.24) is 0 Å². The lowest BCUT2D eigenvalue weighted by molar-refractivity contribution is -0.151. The normalized spacial score (nSPS) is 11.6. The third-order valence-electron chi connectivity index (χ3n) is 1.60. The minimum atomic E-state index is -0.899. The summed E-state index contributed by atoms with van der Waals surface area (Å²) in [5.41, 5.74) is 0.755. The molecule has 0 bridgehead atoms. The van der Waals surface area contributed by atoms with Gasteiger partial charge in [-0.15, -0.1) is 0 Å². The van der Waals surface area contributed by atoms with E-state index < -0.39 is 12.2 Å². The number of aldehydes is 1. The van der Waals surface area contributed by atoms with E-state index in [1.807, 2.05) is 0 Å². The van der Waals surface area contributed by atoms with Gasteiger partial charge in [-0.25, -0.2) is 4.79 Å². The molecule has 1 aromatic carbocycles. The molecule has 0 heterocycles. The Morgan fingerprint density at radius 3 is 2.60 bits per heavy atom. The van der Waals surface area contributed by atoms with Crippen molar-refractivity contribution in [1.29, 1.82) is 0 Å². The summed E-state index contributed by atoms with van der Waals surface area (Å²) in [6.45, 7) is 1.62. The van der Waals surface area contributed by atoms with Crippen LogP contribution in [0, 0.1) is 0 Å². The molecule has 5 heteroatoms. The highest BCUT2D eigenvalue weighted by atomic mass is 35.5. The number of carbonyl (C=O) groups excluding carboxylic acids is 2. The Kier molecular flexibility index (Phi) is 4.12. The van der Waals surface area contributed by atoms with Crippen LogP contribution in [0.2, 0.25) is 5.02 Å². The summed E-state index contributed by atoms with van der Waals surface area (Å²) in [5.74, 6) is -0.899. The lowest BCUT2D eigenvalue weighted by Crippen LogP contribution is -2.23. The van der Waals surface area contributed by atoms with Gasteiger partial charge >= 0.3 is 5.97 Å². The quantitative estimate of drug-likeness (QED) is 0.369. The van der Waals surface area contributed by atoms with Crippen molar-refractivity contribution in [2.75, 3.05) is 5.32 Å². The number of esters is 1. The van der Waals surface area contributed by atoms with E-state index in [-0.39, 0.29) is 6.29 Å². The van der Waals surface area contributed by atoms with Gasteiger partial charge in [0.15, 0.2) is 6.23 Å². The molecule has 1 atom stereocenters. The summed E-state index contributed by atoms with van der Waals surface area (Å²) in [7, 11) is 0. The van der Waals surface area contributed by atoms with Crippen LogP contribution in [0.4, 0.5) is 5.69 Å². The molecule has 0 aliphatic rings. The van der Waals surface area contributed by atoms with Gasteiger partial charge in [-0.3, -0.25) is 4.79 Å². The number of halogens is 1. The summed E-state index contributed by atoms with van der Waals surface area (Å²) >= 11 is 5.70. The average molecular weight is 228 g/mol. The Hall–Kier alpha value is -1.55. The van der Waals surface area contributed by atoms with E-state index in [2.05, 4.69) is 10.1 Å². The lowest BCUT2D eigenvalue weighted by Gasteiger charge is -2.14. The zero-order chi connectivity index (χ0) is 11.3. The fraction of sp³-hybridized carbons (Fsp3) is 0.200. The standard InChI is InChI=1S/C10H10ClNO3/c1-7(15-10(14)6-13)12-9-4-2-8(11)3-5-9/h2-7,12H,1H3. The molecule has 0 fully saturated rings. The van der Waals surface area contributed by atoms with Crippen LogP contribution >= 0.6 is 11.6 Å². The molecule has 1 aromatic rings. The van der Waals surface area contributed by atoms with Gasteiger partial charge in [-0.2, -0.15) is 0 Å². The Morgan fingerprint density at radius 2 is 2.07 bits per heavy atom. The van der Waals surface area contributed by atoms with Crippen LogP contribution in [0.25, 0.3) is 0 Å². The SMILES string of the molecule is CC(Nc1ccc(Cl)cc1)OC(=O)C=O. The molecule has 0 aliphatic carbocycles. The van der Waals surface area contributed by atoms with Crippen LogP contribution < -0.4 is 5.32 Å². The van der Waals surface area contributed by atoms with Gasteiger partial charge in [-0.1, -0.05) is 11.6 Å². The second kappa shape index (κ2) is 5.36. The van der Waals surface area contributed by atoms with E-state index >= 15 is 0 Å².